The molecule has 0 aliphatic carbocycles. The molecule has 1 aromatic carbocycles. The van der Waals surface area contributed by atoms with Gasteiger partial charge in [0.1, 0.15) is 0 Å². The smallest absolute Gasteiger partial charge is 0.0472 e. The Kier molecular flexibility index (Phi) is 5.57. The van der Waals surface area contributed by atoms with E-state index in [1.165, 1.54) is 11.1 Å². The van der Waals surface area contributed by atoms with Gasteiger partial charge in [-0.15, -0.1) is 0 Å². The average Bonchev–Trinajstić information content (AvgIpc) is 2.30. The van der Waals surface area contributed by atoms with E-state index in [1.807, 2.05) is 7.05 Å². The van der Waals surface area contributed by atoms with Crippen molar-refractivity contribution in [1.82, 2.24) is 10.2 Å². The summed E-state index contributed by atoms with van der Waals surface area (Å²) in [6.45, 7) is 12.4. The topological polar surface area (TPSA) is 15.3 Å². The highest BCUT2D eigenvalue weighted by molar-refractivity contribution is 5.25. The molecule has 2 nitrogen and oxygen atoms in total. The van der Waals surface area contributed by atoms with Crippen LogP contribution in [0.4, 0.5) is 0 Å². The Morgan fingerprint density at radius 3 is 2.11 bits per heavy atom. The number of rotatable bonds is 5. The minimum atomic E-state index is 0.328. The Bertz CT molecular complexity index is 375. The van der Waals surface area contributed by atoms with E-state index in [2.05, 4.69) is 76.1 Å². The number of nitrogens with one attached hydrogen (secondary N) is 1. The van der Waals surface area contributed by atoms with Crippen LogP contribution in [0.25, 0.3) is 0 Å². The van der Waals surface area contributed by atoms with Crippen LogP contribution < -0.4 is 5.32 Å². The summed E-state index contributed by atoms with van der Waals surface area (Å²) in [6, 6.07) is 9.68. The molecule has 0 amide bonds. The van der Waals surface area contributed by atoms with Gasteiger partial charge >= 0.3 is 0 Å². The first kappa shape index (κ1) is 16.2. The fourth-order valence-electron chi connectivity index (χ4n) is 2.61. The number of hydrogen-bond acceptors (Lipinski definition) is 2. The zero-order valence-electron chi connectivity index (χ0n) is 13.6. The second kappa shape index (κ2) is 6.53. The standard InChI is InChI=1S/C17H30N2/c1-13-8-10-15(11-9-13)16(18-6)14(2)19(7)12-17(3,4)5/h8-11,14,16,18H,12H2,1-7H3. The summed E-state index contributed by atoms with van der Waals surface area (Å²) in [7, 11) is 4.26. The highest BCUT2D eigenvalue weighted by atomic mass is 15.2. The second-order valence-electron chi connectivity index (χ2n) is 6.89. The van der Waals surface area contributed by atoms with Crippen LogP contribution in [-0.4, -0.2) is 31.6 Å². The van der Waals surface area contributed by atoms with Crippen molar-refractivity contribution < 1.29 is 0 Å². The number of hydrogen-bond donors (Lipinski definition) is 1. The molecule has 0 radical (unpaired) electrons. The Morgan fingerprint density at radius 2 is 1.68 bits per heavy atom. The molecule has 0 bridgehead atoms. The third kappa shape index (κ3) is 4.96. The first-order valence-electron chi connectivity index (χ1n) is 7.18. The molecule has 1 aromatic rings. The summed E-state index contributed by atoms with van der Waals surface area (Å²) in [4.78, 5) is 2.45. The quantitative estimate of drug-likeness (QED) is 0.872. The van der Waals surface area contributed by atoms with E-state index < -0.39 is 0 Å². The lowest BCUT2D eigenvalue weighted by Gasteiger charge is -2.36. The third-order valence-corrected chi connectivity index (χ3v) is 3.65. The van der Waals surface area contributed by atoms with Crippen molar-refractivity contribution >= 4 is 0 Å². The Balaban J connectivity index is 2.81. The summed E-state index contributed by atoms with van der Waals surface area (Å²) in [5.74, 6) is 0. The lowest BCUT2D eigenvalue weighted by atomic mass is 9.93. The van der Waals surface area contributed by atoms with Crippen LogP contribution in [0.15, 0.2) is 24.3 Å². The molecule has 0 fully saturated rings. The van der Waals surface area contributed by atoms with E-state index in [-0.39, 0.29) is 0 Å². The predicted octanol–water partition coefficient (Wildman–Crippen LogP) is 3.62. The molecule has 2 atom stereocenters. The number of likely N-dealkylation sites (N-methyl/N-ethyl adjacent to an activating group) is 2. The van der Waals surface area contributed by atoms with Gasteiger partial charge in [-0.05, 0) is 38.9 Å². The largest absolute Gasteiger partial charge is 0.312 e. The van der Waals surface area contributed by atoms with E-state index in [0.29, 0.717) is 17.5 Å². The monoisotopic (exact) mass is 262 g/mol. The highest BCUT2D eigenvalue weighted by Crippen LogP contribution is 2.23. The summed E-state index contributed by atoms with van der Waals surface area (Å²) in [5, 5.41) is 3.46. The molecule has 0 heterocycles. The molecule has 108 valence electrons. The molecule has 0 aliphatic heterocycles. The van der Waals surface area contributed by atoms with E-state index in [4.69, 9.17) is 0 Å². The van der Waals surface area contributed by atoms with Gasteiger partial charge in [-0.1, -0.05) is 50.6 Å². The molecule has 0 aromatic heterocycles. The van der Waals surface area contributed by atoms with Gasteiger partial charge in [-0.3, -0.25) is 0 Å². The maximum absolute atomic E-state index is 3.46. The van der Waals surface area contributed by atoms with Crippen molar-refractivity contribution in [2.24, 2.45) is 5.41 Å². The predicted molar refractivity (Wildman–Crippen MR) is 84.5 cm³/mol. The lowest BCUT2D eigenvalue weighted by Crippen LogP contribution is -2.43. The van der Waals surface area contributed by atoms with Crippen molar-refractivity contribution in [2.45, 2.75) is 46.7 Å². The van der Waals surface area contributed by atoms with E-state index in [1.54, 1.807) is 0 Å². The maximum Gasteiger partial charge on any atom is 0.0472 e. The normalized spacial score (nSPS) is 15.6. The van der Waals surface area contributed by atoms with Gasteiger partial charge in [-0.2, -0.15) is 0 Å². The SMILES string of the molecule is CNC(c1ccc(C)cc1)C(C)N(C)CC(C)(C)C. The van der Waals surface area contributed by atoms with Gasteiger partial charge in [0, 0.05) is 18.6 Å². The molecule has 0 spiro atoms. The molecular weight excluding hydrogens is 232 g/mol. The minimum Gasteiger partial charge on any atom is -0.312 e. The van der Waals surface area contributed by atoms with Crippen LogP contribution in [0.3, 0.4) is 0 Å². The second-order valence-corrected chi connectivity index (χ2v) is 6.89. The molecule has 1 N–H and O–H groups in total. The molecule has 1 rings (SSSR count). The average molecular weight is 262 g/mol. The minimum absolute atomic E-state index is 0.328. The molecule has 2 heteroatoms. The zero-order valence-corrected chi connectivity index (χ0v) is 13.6. The number of nitrogens with zero attached hydrogens (tertiary/aromatic N) is 1. The molecule has 0 saturated carbocycles. The summed E-state index contributed by atoms with van der Waals surface area (Å²) in [5.41, 5.74) is 3.00. The first-order valence-corrected chi connectivity index (χ1v) is 7.18. The third-order valence-electron chi connectivity index (χ3n) is 3.65. The van der Waals surface area contributed by atoms with E-state index >= 15 is 0 Å². The van der Waals surface area contributed by atoms with Crippen LogP contribution in [-0.2, 0) is 0 Å². The van der Waals surface area contributed by atoms with Gasteiger partial charge < -0.3 is 10.2 Å². The Hall–Kier alpha value is -0.860. The van der Waals surface area contributed by atoms with Crippen LogP contribution in [0.5, 0.6) is 0 Å². The van der Waals surface area contributed by atoms with Crippen molar-refractivity contribution in [3.05, 3.63) is 35.4 Å². The van der Waals surface area contributed by atoms with Crippen molar-refractivity contribution in [1.29, 1.82) is 0 Å². The van der Waals surface area contributed by atoms with Gasteiger partial charge in [0.25, 0.3) is 0 Å². The van der Waals surface area contributed by atoms with Crippen molar-refractivity contribution in [3.8, 4) is 0 Å². The fourth-order valence-corrected chi connectivity index (χ4v) is 2.61. The van der Waals surface area contributed by atoms with Gasteiger partial charge in [0.05, 0.1) is 0 Å². The molecule has 0 aliphatic rings. The Morgan fingerprint density at radius 1 is 1.16 bits per heavy atom. The lowest BCUT2D eigenvalue weighted by molar-refractivity contribution is 0.154. The van der Waals surface area contributed by atoms with Crippen LogP contribution in [0, 0.1) is 12.3 Å². The summed E-state index contributed by atoms with van der Waals surface area (Å²) < 4.78 is 0. The van der Waals surface area contributed by atoms with Crippen molar-refractivity contribution in [3.63, 3.8) is 0 Å². The van der Waals surface area contributed by atoms with Crippen LogP contribution >= 0.6 is 0 Å². The van der Waals surface area contributed by atoms with Gasteiger partial charge in [0.2, 0.25) is 0 Å². The van der Waals surface area contributed by atoms with E-state index in [0.717, 1.165) is 6.54 Å². The summed E-state index contributed by atoms with van der Waals surface area (Å²) in [6.07, 6.45) is 0. The Labute approximate surface area is 119 Å². The zero-order chi connectivity index (χ0) is 14.6. The van der Waals surface area contributed by atoms with Gasteiger partial charge in [-0.25, -0.2) is 0 Å². The molecule has 19 heavy (non-hydrogen) atoms. The molecular formula is C17H30N2. The molecule has 0 saturated heterocycles. The van der Waals surface area contributed by atoms with Crippen LogP contribution in [0.2, 0.25) is 0 Å². The first-order chi connectivity index (χ1) is 8.74. The van der Waals surface area contributed by atoms with Gasteiger partial charge in [0.15, 0.2) is 0 Å². The number of benzene rings is 1. The van der Waals surface area contributed by atoms with Crippen LogP contribution in [0.1, 0.15) is 44.9 Å². The highest BCUT2D eigenvalue weighted by Gasteiger charge is 2.24. The maximum atomic E-state index is 3.46. The summed E-state index contributed by atoms with van der Waals surface area (Å²) >= 11 is 0. The number of aryl methyl sites for hydroxylation is 1. The van der Waals surface area contributed by atoms with E-state index in [9.17, 15) is 0 Å². The molecule has 2 unspecified atom stereocenters. The van der Waals surface area contributed by atoms with Crippen molar-refractivity contribution in [2.75, 3.05) is 20.6 Å². The fraction of sp³-hybridized carbons (Fsp3) is 0.647.